The summed E-state index contributed by atoms with van der Waals surface area (Å²) in [6, 6.07) is 6.76. The van der Waals surface area contributed by atoms with Crippen molar-refractivity contribution in [1.29, 1.82) is 0 Å². The Morgan fingerprint density at radius 1 is 1.15 bits per heavy atom. The number of hydrogen-bond acceptors (Lipinski definition) is 6. The first kappa shape index (κ1) is 26.9. The topological polar surface area (TPSA) is 84.1 Å². The zero-order valence-electron chi connectivity index (χ0n) is 23.7. The van der Waals surface area contributed by atoms with E-state index in [0.29, 0.717) is 23.0 Å². The molecule has 9 nitrogen and oxygen atoms in total. The summed E-state index contributed by atoms with van der Waals surface area (Å²) < 4.78 is 32.5. The highest BCUT2D eigenvalue weighted by molar-refractivity contribution is 5.96. The lowest BCUT2D eigenvalue weighted by atomic mass is 9.95. The first-order valence-electron chi connectivity index (χ1n) is 13.9. The SMILES string of the molecule is C=C(NC)N1CCC(c2nc(-c3cccc4nc(-c5cnn(C)c5)c(C(F)F)cc34)c3n2C(C)C(=O)N(C)C3)CC1. The van der Waals surface area contributed by atoms with E-state index >= 15 is 0 Å². The van der Waals surface area contributed by atoms with Gasteiger partial charge in [0, 0.05) is 68.4 Å². The second-order valence-electron chi connectivity index (χ2n) is 11.0. The Kier molecular flexibility index (Phi) is 6.75. The van der Waals surface area contributed by atoms with Gasteiger partial charge in [0.2, 0.25) is 5.91 Å². The molecule has 0 spiro atoms. The van der Waals surface area contributed by atoms with E-state index in [1.807, 2.05) is 32.2 Å². The summed E-state index contributed by atoms with van der Waals surface area (Å²) in [6.45, 7) is 8.05. The van der Waals surface area contributed by atoms with Crippen molar-refractivity contribution in [3.63, 3.8) is 0 Å². The van der Waals surface area contributed by atoms with Gasteiger partial charge in [0.15, 0.2) is 0 Å². The summed E-state index contributed by atoms with van der Waals surface area (Å²) in [6.07, 6.45) is 2.26. The minimum atomic E-state index is -2.72. The number of pyridine rings is 1. The van der Waals surface area contributed by atoms with Crippen LogP contribution in [0.15, 0.2) is 49.1 Å². The van der Waals surface area contributed by atoms with Crippen LogP contribution in [-0.2, 0) is 18.4 Å². The Morgan fingerprint density at radius 3 is 2.56 bits per heavy atom. The summed E-state index contributed by atoms with van der Waals surface area (Å²) in [7, 11) is 5.40. The second-order valence-corrected chi connectivity index (χ2v) is 11.0. The van der Waals surface area contributed by atoms with Crippen molar-refractivity contribution in [1.82, 2.24) is 39.4 Å². The average Bonchev–Trinajstić information content (AvgIpc) is 3.58. The first-order valence-corrected chi connectivity index (χ1v) is 13.9. The molecule has 0 aliphatic carbocycles. The van der Waals surface area contributed by atoms with Crippen molar-refractivity contribution in [3.05, 3.63) is 66.1 Å². The molecule has 3 aromatic heterocycles. The summed E-state index contributed by atoms with van der Waals surface area (Å²) in [5, 5.41) is 7.88. The number of nitrogens with one attached hydrogen (secondary N) is 1. The third kappa shape index (κ3) is 4.53. The Hall–Kier alpha value is -4.28. The molecular weight excluding hydrogens is 526 g/mol. The van der Waals surface area contributed by atoms with Gasteiger partial charge in [0.25, 0.3) is 6.43 Å². The van der Waals surface area contributed by atoms with Crippen LogP contribution in [0, 0.1) is 0 Å². The van der Waals surface area contributed by atoms with E-state index < -0.39 is 12.5 Å². The van der Waals surface area contributed by atoms with E-state index in [0.717, 1.165) is 54.5 Å². The number of carbonyl (C=O) groups is 1. The molecule has 5 heterocycles. The number of fused-ring (bicyclic) bond motifs is 2. The van der Waals surface area contributed by atoms with E-state index in [9.17, 15) is 13.6 Å². The first-order chi connectivity index (χ1) is 19.7. The summed E-state index contributed by atoms with van der Waals surface area (Å²) in [4.78, 5) is 26.9. The molecule has 4 aromatic rings. The highest BCUT2D eigenvalue weighted by Crippen LogP contribution is 2.41. The minimum absolute atomic E-state index is 0.0318. The van der Waals surface area contributed by atoms with Crippen LogP contribution in [0.5, 0.6) is 0 Å². The third-order valence-electron chi connectivity index (χ3n) is 8.43. The smallest absolute Gasteiger partial charge is 0.265 e. The number of piperidine rings is 1. The molecule has 214 valence electrons. The Bertz CT molecular complexity index is 1650. The number of hydrogen-bond donors (Lipinski definition) is 1. The standard InChI is InChI=1S/C30H34F2N8O/c1-17-30(41)37(4)16-25-27(36-29(40(17)25)19-9-11-39(12-10-19)18(2)33-3)21-7-6-8-24-22(21)13-23(28(31)32)26(35-24)20-14-34-38(5)15-20/h6-8,13-15,17,19,28,33H,2,9-12,16H2,1,3-5H3. The quantitative estimate of drug-likeness (QED) is 0.364. The number of nitrogens with zero attached hydrogens (tertiary/aromatic N) is 7. The molecule has 1 aromatic carbocycles. The Balaban J connectivity index is 1.50. The molecule has 0 radical (unpaired) electrons. The molecule has 0 saturated carbocycles. The van der Waals surface area contributed by atoms with E-state index in [4.69, 9.17) is 9.97 Å². The van der Waals surface area contributed by atoms with E-state index in [1.54, 1.807) is 42.1 Å². The van der Waals surface area contributed by atoms with Gasteiger partial charge in [-0.05, 0) is 31.9 Å². The summed E-state index contributed by atoms with van der Waals surface area (Å²) >= 11 is 0. The van der Waals surface area contributed by atoms with Crippen LogP contribution in [0.1, 0.15) is 55.2 Å². The largest absolute Gasteiger partial charge is 0.375 e. The van der Waals surface area contributed by atoms with Crippen molar-refractivity contribution < 1.29 is 13.6 Å². The van der Waals surface area contributed by atoms with Gasteiger partial charge in [-0.25, -0.2) is 18.7 Å². The fraction of sp³-hybridized carbons (Fsp3) is 0.400. The van der Waals surface area contributed by atoms with Crippen molar-refractivity contribution in [3.8, 4) is 22.5 Å². The van der Waals surface area contributed by atoms with Gasteiger partial charge in [-0.1, -0.05) is 18.7 Å². The molecule has 1 saturated heterocycles. The number of imidazole rings is 1. The third-order valence-corrected chi connectivity index (χ3v) is 8.43. The molecule has 0 bridgehead atoms. The number of rotatable bonds is 6. The van der Waals surface area contributed by atoms with Crippen molar-refractivity contribution in [2.75, 3.05) is 27.2 Å². The van der Waals surface area contributed by atoms with Crippen molar-refractivity contribution >= 4 is 16.8 Å². The molecule has 1 amide bonds. The van der Waals surface area contributed by atoms with Crippen LogP contribution in [-0.4, -0.2) is 67.2 Å². The average molecular weight is 561 g/mol. The van der Waals surface area contributed by atoms with Crippen molar-refractivity contribution in [2.45, 2.75) is 44.7 Å². The lowest BCUT2D eigenvalue weighted by molar-refractivity contribution is -0.135. The fourth-order valence-electron chi connectivity index (χ4n) is 6.23. The maximum Gasteiger partial charge on any atom is 0.265 e. The molecule has 1 unspecified atom stereocenters. The van der Waals surface area contributed by atoms with Gasteiger partial charge in [0.1, 0.15) is 11.9 Å². The molecule has 2 aliphatic rings. The van der Waals surface area contributed by atoms with Gasteiger partial charge in [-0.15, -0.1) is 0 Å². The van der Waals surface area contributed by atoms with Crippen LogP contribution < -0.4 is 5.32 Å². The second kappa shape index (κ2) is 10.3. The summed E-state index contributed by atoms with van der Waals surface area (Å²) in [5.74, 6) is 1.96. The highest BCUT2D eigenvalue weighted by Gasteiger charge is 2.36. The number of alkyl halides is 2. The number of benzene rings is 1. The molecule has 2 aliphatic heterocycles. The lowest BCUT2D eigenvalue weighted by Gasteiger charge is -2.36. The molecule has 11 heteroatoms. The monoisotopic (exact) mass is 560 g/mol. The number of likely N-dealkylation sites (tertiary alicyclic amines) is 1. The van der Waals surface area contributed by atoms with E-state index in [2.05, 4.69) is 26.5 Å². The van der Waals surface area contributed by atoms with Gasteiger partial charge in [-0.3, -0.25) is 9.48 Å². The van der Waals surface area contributed by atoms with Crippen LogP contribution in [0.4, 0.5) is 8.78 Å². The van der Waals surface area contributed by atoms with E-state index in [-0.39, 0.29) is 23.1 Å². The maximum absolute atomic E-state index is 14.4. The van der Waals surface area contributed by atoms with Crippen molar-refractivity contribution in [2.24, 2.45) is 7.05 Å². The normalized spacial score (nSPS) is 17.9. The molecule has 1 fully saturated rings. The molecule has 1 atom stereocenters. The van der Waals surface area contributed by atoms with E-state index in [1.165, 1.54) is 0 Å². The predicted molar refractivity (Wildman–Crippen MR) is 153 cm³/mol. The number of aryl methyl sites for hydroxylation is 1. The molecular formula is C30H34F2N8O. The van der Waals surface area contributed by atoms with Gasteiger partial charge >= 0.3 is 0 Å². The number of carbonyl (C=O) groups excluding carboxylic acids is 1. The molecule has 1 N–H and O–H groups in total. The Morgan fingerprint density at radius 2 is 1.90 bits per heavy atom. The van der Waals surface area contributed by atoms with Crippen LogP contribution in [0.3, 0.4) is 0 Å². The zero-order valence-corrected chi connectivity index (χ0v) is 23.7. The minimum Gasteiger partial charge on any atom is -0.375 e. The van der Waals surface area contributed by atoms with Crippen LogP contribution in [0.2, 0.25) is 0 Å². The molecule has 6 rings (SSSR count). The van der Waals surface area contributed by atoms with Crippen LogP contribution in [0.25, 0.3) is 33.4 Å². The maximum atomic E-state index is 14.4. The summed E-state index contributed by atoms with van der Waals surface area (Å²) in [5.41, 5.74) is 3.58. The fourth-order valence-corrected chi connectivity index (χ4v) is 6.23. The van der Waals surface area contributed by atoms with Gasteiger partial charge in [0.05, 0.1) is 41.2 Å². The Labute approximate surface area is 237 Å². The predicted octanol–water partition coefficient (Wildman–Crippen LogP) is 4.84. The molecule has 41 heavy (non-hydrogen) atoms. The number of likely N-dealkylation sites (N-methyl/N-ethyl adjacent to an activating group) is 1. The lowest BCUT2D eigenvalue weighted by Crippen LogP contribution is -2.41. The number of amides is 1. The number of halogens is 2. The number of aromatic nitrogens is 5. The van der Waals surface area contributed by atoms with Gasteiger partial charge < -0.3 is 19.7 Å². The van der Waals surface area contributed by atoms with Gasteiger partial charge in [-0.2, -0.15) is 5.10 Å². The zero-order chi connectivity index (χ0) is 29.0. The van der Waals surface area contributed by atoms with Crippen LogP contribution >= 0.6 is 0 Å². The highest BCUT2D eigenvalue weighted by atomic mass is 19.3.